The third-order valence-corrected chi connectivity index (χ3v) is 2.32. The van der Waals surface area contributed by atoms with Crippen LogP contribution < -0.4 is 0 Å². The van der Waals surface area contributed by atoms with E-state index in [0.717, 1.165) is 0 Å². The van der Waals surface area contributed by atoms with Gasteiger partial charge in [0.2, 0.25) is 0 Å². The SMILES string of the molecule is [N-]=[N+]=Nc1c(Br)cc(C(F)(F)F)cc1[N+](=O)[O-]. The van der Waals surface area contributed by atoms with E-state index in [0.29, 0.717) is 12.1 Å². The van der Waals surface area contributed by atoms with Gasteiger partial charge in [0, 0.05) is 15.5 Å². The highest BCUT2D eigenvalue weighted by molar-refractivity contribution is 9.10. The summed E-state index contributed by atoms with van der Waals surface area (Å²) in [7, 11) is 0. The van der Waals surface area contributed by atoms with Crippen LogP contribution in [0.3, 0.4) is 0 Å². The van der Waals surface area contributed by atoms with E-state index < -0.39 is 28.0 Å². The standard InChI is InChI=1S/C7H2BrF3N4O2/c8-4-1-3(7(9,10)11)2-5(15(16)17)6(4)13-14-12/h1-2H. The van der Waals surface area contributed by atoms with Crippen molar-refractivity contribution in [3.63, 3.8) is 0 Å². The molecule has 0 aliphatic carbocycles. The van der Waals surface area contributed by atoms with E-state index >= 15 is 0 Å². The molecule has 0 fully saturated rings. The Labute approximate surface area is 99.9 Å². The van der Waals surface area contributed by atoms with Gasteiger partial charge in [-0.15, -0.1) is 0 Å². The predicted molar refractivity (Wildman–Crippen MR) is 54.6 cm³/mol. The van der Waals surface area contributed by atoms with E-state index in [1.807, 2.05) is 0 Å². The minimum absolute atomic E-state index is 0.295. The summed E-state index contributed by atoms with van der Waals surface area (Å²) in [5, 5.41) is 13.5. The molecule has 10 heteroatoms. The van der Waals surface area contributed by atoms with Crippen molar-refractivity contribution in [2.75, 3.05) is 0 Å². The van der Waals surface area contributed by atoms with Crippen LogP contribution in [0.1, 0.15) is 5.56 Å². The summed E-state index contributed by atoms with van der Waals surface area (Å²) < 4.78 is 36.9. The molecule has 0 N–H and O–H groups in total. The van der Waals surface area contributed by atoms with Crippen molar-refractivity contribution in [2.45, 2.75) is 6.18 Å². The molecule has 0 amide bonds. The van der Waals surface area contributed by atoms with Crippen molar-refractivity contribution in [1.82, 2.24) is 0 Å². The molecule has 1 rings (SSSR count). The van der Waals surface area contributed by atoms with Crippen molar-refractivity contribution in [3.8, 4) is 0 Å². The van der Waals surface area contributed by atoms with Crippen molar-refractivity contribution in [2.24, 2.45) is 5.11 Å². The molecule has 17 heavy (non-hydrogen) atoms. The van der Waals surface area contributed by atoms with Crippen LogP contribution in [0.25, 0.3) is 10.4 Å². The van der Waals surface area contributed by atoms with Gasteiger partial charge in [-0.3, -0.25) is 10.1 Å². The van der Waals surface area contributed by atoms with Crippen LogP contribution in [0.5, 0.6) is 0 Å². The van der Waals surface area contributed by atoms with Gasteiger partial charge in [-0.25, -0.2) is 0 Å². The molecule has 0 aliphatic heterocycles. The molecule has 0 saturated carbocycles. The van der Waals surface area contributed by atoms with Gasteiger partial charge in [-0.05, 0) is 11.6 Å². The summed E-state index contributed by atoms with van der Waals surface area (Å²) in [6.45, 7) is 0. The van der Waals surface area contributed by atoms with Gasteiger partial charge in [0.15, 0.2) is 0 Å². The van der Waals surface area contributed by atoms with E-state index in [9.17, 15) is 23.3 Å². The first-order chi connectivity index (χ1) is 7.77. The normalized spacial score (nSPS) is 10.8. The molecule has 0 saturated heterocycles. The van der Waals surface area contributed by atoms with E-state index in [-0.39, 0.29) is 4.47 Å². The average molecular weight is 311 g/mol. The summed E-state index contributed by atoms with van der Waals surface area (Å²) in [5.41, 5.74) is 5.56. The Morgan fingerprint density at radius 2 is 2.06 bits per heavy atom. The maximum atomic E-state index is 12.4. The van der Waals surface area contributed by atoms with Crippen molar-refractivity contribution >= 4 is 27.3 Å². The number of azide groups is 1. The summed E-state index contributed by atoms with van der Waals surface area (Å²) in [4.78, 5) is 11.8. The maximum absolute atomic E-state index is 12.4. The van der Waals surface area contributed by atoms with Crippen LogP contribution in [0.2, 0.25) is 0 Å². The van der Waals surface area contributed by atoms with Crippen molar-refractivity contribution < 1.29 is 18.1 Å². The third kappa shape index (κ3) is 2.86. The fourth-order valence-corrected chi connectivity index (χ4v) is 1.56. The number of nitro benzene ring substituents is 1. The van der Waals surface area contributed by atoms with Crippen LogP contribution in [0.4, 0.5) is 24.5 Å². The van der Waals surface area contributed by atoms with Crippen LogP contribution in [-0.2, 0) is 6.18 Å². The third-order valence-electron chi connectivity index (χ3n) is 1.71. The number of nitrogens with zero attached hydrogens (tertiary/aromatic N) is 4. The molecule has 0 atom stereocenters. The Hall–Kier alpha value is -1.80. The van der Waals surface area contributed by atoms with Crippen LogP contribution in [-0.4, -0.2) is 4.92 Å². The van der Waals surface area contributed by atoms with Gasteiger partial charge in [0.1, 0.15) is 5.69 Å². The molecular weight excluding hydrogens is 309 g/mol. The number of benzene rings is 1. The maximum Gasteiger partial charge on any atom is 0.416 e. The zero-order valence-corrected chi connectivity index (χ0v) is 9.36. The summed E-state index contributed by atoms with van der Waals surface area (Å²) in [6.07, 6.45) is -4.72. The number of alkyl halides is 3. The van der Waals surface area contributed by atoms with Gasteiger partial charge < -0.3 is 0 Å². The zero-order valence-electron chi connectivity index (χ0n) is 7.77. The number of halogens is 4. The van der Waals surface area contributed by atoms with E-state index in [2.05, 4.69) is 26.0 Å². The van der Waals surface area contributed by atoms with Gasteiger partial charge in [-0.2, -0.15) is 13.2 Å². The Bertz CT molecular complexity index is 525. The van der Waals surface area contributed by atoms with E-state index in [4.69, 9.17) is 5.53 Å². The summed E-state index contributed by atoms with van der Waals surface area (Å²) in [5.74, 6) is 0. The molecule has 6 nitrogen and oxygen atoms in total. The summed E-state index contributed by atoms with van der Waals surface area (Å²) in [6, 6.07) is 0.922. The van der Waals surface area contributed by atoms with Crippen LogP contribution in [0, 0.1) is 10.1 Å². The molecule has 0 heterocycles. The minimum Gasteiger partial charge on any atom is -0.258 e. The number of rotatable bonds is 2. The number of hydrogen-bond donors (Lipinski definition) is 0. The molecule has 0 radical (unpaired) electrons. The van der Waals surface area contributed by atoms with Crippen molar-refractivity contribution in [1.29, 1.82) is 0 Å². The van der Waals surface area contributed by atoms with E-state index in [1.54, 1.807) is 0 Å². The van der Waals surface area contributed by atoms with E-state index in [1.165, 1.54) is 0 Å². The highest BCUT2D eigenvalue weighted by Crippen LogP contribution is 2.41. The van der Waals surface area contributed by atoms with Gasteiger partial charge in [-0.1, -0.05) is 21.0 Å². The number of nitro groups is 1. The lowest BCUT2D eigenvalue weighted by Crippen LogP contribution is -2.05. The Kier molecular flexibility index (Phi) is 3.59. The molecular formula is C7H2BrF3N4O2. The molecule has 0 spiro atoms. The highest BCUT2D eigenvalue weighted by Gasteiger charge is 2.34. The predicted octanol–water partition coefficient (Wildman–Crippen LogP) is 4.32. The Balaban J connectivity index is 3.57. The highest BCUT2D eigenvalue weighted by atomic mass is 79.9. The first-order valence-electron chi connectivity index (χ1n) is 3.87. The second kappa shape index (κ2) is 4.60. The Morgan fingerprint density at radius 3 is 2.47 bits per heavy atom. The first kappa shape index (κ1) is 13.3. The molecule has 0 unspecified atom stereocenters. The second-order valence-corrected chi connectivity index (χ2v) is 3.62. The largest absolute Gasteiger partial charge is 0.416 e. The van der Waals surface area contributed by atoms with Crippen LogP contribution >= 0.6 is 15.9 Å². The average Bonchev–Trinajstić information content (AvgIpc) is 2.18. The minimum atomic E-state index is -4.72. The van der Waals surface area contributed by atoms with Gasteiger partial charge >= 0.3 is 6.18 Å². The molecule has 90 valence electrons. The molecule has 0 aliphatic rings. The topological polar surface area (TPSA) is 91.9 Å². The lowest BCUT2D eigenvalue weighted by molar-refractivity contribution is -0.384. The lowest BCUT2D eigenvalue weighted by Gasteiger charge is -2.08. The van der Waals surface area contributed by atoms with Gasteiger partial charge in [0.25, 0.3) is 5.69 Å². The smallest absolute Gasteiger partial charge is 0.258 e. The molecule has 1 aromatic rings. The van der Waals surface area contributed by atoms with Crippen LogP contribution in [0.15, 0.2) is 21.7 Å². The zero-order chi connectivity index (χ0) is 13.2. The molecule has 1 aromatic carbocycles. The Morgan fingerprint density at radius 1 is 1.47 bits per heavy atom. The lowest BCUT2D eigenvalue weighted by atomic mass is 10.1. The second-order valence-electron chi connectivity index (χ2n) is 2.77. The molecule has 0 bridgehead atoms. The first-order valence-corrected chi connectivity index (χ1v) is 4.67. The summed E-state index contributed by atoms with van der Waals surface area (Å²) >= 11 is 2.69. The fraction of sp³-hybridized carbons (Fsp3) is 0.143. The van der Waals surface area contributed by atoms with Crippen molar-refractivity contribution in [3.05, 3.63) is 42.7 Å². The fourth-order valence-electron chi connectivity index (χ4n) is 1.03. The van der Waals surface area contributed by atoms with Gasteiger partial charge in [0.05, 0.1) is 10.5 Å². The monoisotopic (exact) mass is 310 g/mol. The quantitative estimate of drug-likeness (QED) is 0.267. The molecule has 0 aromatic heterocycles. The number of hydrogen-bond acceptors (Lipinski definition) is 3.